The molecule has 1 amide bonds. The predicted molar refractivity (Wildman–Crippen MR) is 117 cm³/mol. The standard InChI is InChI=1S/C21H19ClN4O2S/c1-13-10-19-24-25-21(26(19)18-12-16(28-2)6-7-17(13)18)29-9-8-20(27)23-15-5-3-4-14(22)11-15/h3-7,10-12H,8-9H2,1-2H3,(H,23,27). The third-order valence-electron chi connectivity index (χ3n) is 4.54. The second kappa shape index (κ2) is 8.31. The van der Waals surface area contributed by atoms with Gasteiger partial charge in [0, 0.05) is 34.3 Å². The Hall–Kier alpha value is -2.77. The van der Waals surface area contributed by atoms with Crippen molar-refractivity contribution in [3.8, 4) is 5.75 Å². The minimum absolute atomic E-state index is 0.0732. The Bertz CT molecular complexity index is 1210. The van der Waals surface area contributed by atoms with Gasteiger partial charge in [0.05, 0.1) is 12.6 Å². The number of hydrogen-bond acceptors (Lipinski definition) is 5. The van der Waals surface area contributed by atoms with E-state index in [4.69, 9.17) is 16.3 Å². The lowest BCUT2D eigenvalue weighted by Gasteiger charge is -2.09. The van der Waals surface area contributed by atoms with Gasteiger partial charge in [-0.2, -0.15) is 0 Å². The van der Waals surface area contributed by atoms with Crippen molar-refractivity contribution in [2.24, 2.45) is 0 Å². The molecule has 2 aromatic carbocycles. The van der Waals surface area contributed by atoms with Gasteiger partial charge in [0.15, 0.2) is 10.8 Å². The number of hydrogen-bond donors (Lipinski definition) is 1. The summed E-state index contributed by atoms with van der Waals surface area (Å²) in [4.78, 5) is 12.2. The molecule has 4 rings (SSSR count). The van der Waals surface area contributed by atoms with Crippen molar-refractivity contribution in [3.05, 3.63) is 59.1 Å². The Labute approximate surface area is 177 Å². The monoisotopic (exact) mass is 426 g/mol. The fourth-order valence-electron chi connectivity index (χ4n) is 3.15. The van der Waals surface area contributed by atoms with Gasteiger partial charge < -0.3 is 10.1 Å². The third kappa shape index (κ3) is 4.16. The number of carbonyl (C=O) groups excluding carboxylic acids is 1. The van der Waals surface area contributed by atoms with E-state index in [0.717, 1.165) is 33.0 Å². The number of aryl methyl sites for hydroxylation is 1. The number of carbonyl (C=O) groups is 1. The van der Waals surface area contributed by atoms with Crippen molar-refractivity contribution in [3.63, 3.8) is 0 Å². The van der Waals surface area contributed by atoms with Gasteiger partial charge in [-0.25, -0.2) is 0 Å². The number of benzene rings is 2. The number of amides is 1. The molecule has 0 saturated carbocycles. The summed E-state index contributed by atoms with van der Waals surface area (Å²) < 4.78 is 7.39. The number of pyridine rings is 1. The first-order valence-corrected chi connectivity index (χ1v) is 10.4. The van der Waals surface area contributed by atoms with Gasteiger partial charge in [0.2, 0.25) is 5.91 Å². The molecule has 29 heavy (non-hydrogen) atoms. The molecule has 148 valence electrons. The summed E-state index contributed by atoms with van der Waals surface area (Å²) in [7, 11) is 1.65. The van der Waals surface area contributed by atoms with E-state index in [2.05, 4.69) is 22.4 Å². The molecule has 6 nitrogen and oxygen atoms in total. The van der Waals surface area contributed by atoms with Crippen molar-refractivity contribution in [1.29, 1.82) is 0 Å². The number of nitrogens with zero attached hydrogens (tertiary/aromatic N) is 3. The maximum Gasteiger partial charge on any atom is 0.225 e. The molecular formula is C21H19ClN4O2S. The van der Waals surface area contributed by atoms with E-state index >= 15 is 0 Å². The average molecular weight is 427 g/mol. The maximum absolute atomic E-state index is 12.2. The molecule has 0 unspecified atom stereocenters. The molecule has 2 aromatic heterocycles. The van der Waals surface area contributed by atoms with Gasteiger partial charge in [0.1, 0.15) is 5.75 Å². The van der Waals surface area contributed by atoms with E-state index in [1.165, 1.54) is 11.8 Å². The topological polar surface area (TPSA) is 68.5 Å². The quantitative estimate of drug-likeness (QED) is 0.440. The van der Waals surface area contributed by atoms with Crippen molar-refractivity contribution < 1.29 is 9.53 Å². The highest BCUT2D eigenvalue weighted by Gasteiger charge is 2.13. The fraction of sp³-hybridized carbons (Fsp3) is 0.190. The van der Waals surface area contributed by atoms with Crippen LogP contribution in [0.3, 0.4) is 0 Å². The molecule has 0 spiro atoms. The van der Waals surface area contributed by atoms with Crippen molar-refractivity contribution in [2.75, 3.05) is 18.2 Å². The van der Waals surface area contributed by atoms with Crippen molar-refractivity contribution >= 4 is 51.5 Å². The number of fused-ring (bicyclic) bond motifs is 3. The molecule has 0 aliphatic carbocycles. The number of aromatic nitrogens is 3. The zero-order valence-electron chi connectivity index (χ0n) is 16.0. The number of rotatable bonds is 6. The molecule has 4 aromatic rings. The molecule has 0 fully saturated rings. The number of thioether (sulfide) groups is 1. The zero-order chi connectivity index (χ0) is 20.4. The number of anilines is 1. The van der Waals surface area contributed by atoms with Gasteiger partial charge in [-0.05, 0) is 48.9 Å². The minimum atomic E-state index is -0.0732. The van der Waals surface area contributed by atoms with E-state index in [0.29, 0.717) is 22.9 Å². The molecule has 8 heteroatoms. The predicted octanol–water partition coefficient (Wildman–Crippen LogP) is 4.97. The van der Waals surface area contributed by atoms with Crippen LogP contribution in [-0.2, 0) is 4.79 Å². The lowest BCUT2D eigenvalue weighted by molar-refractivity contribution is -0.115. The zero-order valence-corrected chi connectivity index (χ0v) is 17.5. The van der Waals surface area contributed by atoms with E-state index in [9.17, 15) is 4.79 Å². The van der Waals surface area contributed by atoms with Crippen molar-refractivity contribution in [2.45, 2.75) is 18.5 Å². The second-order valence-corrected chi connectivity index (χ2v) is 8.04. The van der Waals surface area contributed by atoms with Crippen LogP contribution < -0.4 is 10.1 Å². The lowest BCUT2D eigenvalue weighted by atomic mass is 10.1. The molecule has 2 heterocycles. The van der Waals surface area contributed by atoms with Crippen LogP contribution in [0.1, 0.15) is 12.0 Å². The van der Waals surface area contributed by atoms with Gasteiger partial charge >= 0.3 is 0 Å². The molecule has 0 bridgehead atoms. The smallest absolute Gasteiger partial charge is 0.225 e. The molecule has 0 aliphatic heterocycles. The summed E-state index contributed by atoms with van der Waals surface area (Å²) in [6.45, 7) is 2.05. The Morgan fingerprint density at radius 1 is 1.21 bits per heavy atom. The van der Waals surface area contributed by atoms with Gasteiger partial charge in [-0.3, -0.25) is 9.20 Å². The first kappa shape index (κ1) is 19.5. The molecule has 1 N–H and O–H groups in total. The Kier molecular flexibility index (Phi) is 5.60. The number of ether oxygens (including phenoxy) is 1. The van der Waals surface area contributed by atoms with Crippen LogP contribution in [0, 0.1) is 6.92 Å². The van der Waals surface area contributed by atoms with E-state index < -0.39 is 0 Å². The molecule has 0 saturated heterocycles. The number of nitrogens with one attached hydrogen (secondary N) is 1. The van der Waals surface area contributed by atoms with Crippen LogP contribution in [0.4, 0.5) is 5.69 Å². The van der Waals surface area contributed by atoms with E-state index in [1.807, 2.05) is 34.7 Å². The third-order valence-corrected chi connectivity index (χ3v) is 5.71. The summed E-state index contributed by atoms with van der Waals surface area (Å²) in [6, 6.07) is 15.1. The summed E-state index contributed by atoms with van der Waals surface area (Å²) in [5, 5.41) is 13.9. The summed E-state index contributed by atoms with van der Waals surface area (Å²) in [5.74, 6) is 1.28. The van der Waals surface area contributed by atoms with E-state index in [-0.39, 0.29) is 5.91 Å². The first-order chi connectivity index (χ1) is 14.0. The second-order valence-electron chi connectivity index (χ2n) is 6.54. The van der Waals surface area contributed by atoms with Crippen LogP contribution in [0.25, 0.3) is 16.6 Å². The van der Waals surface area contributed by atoms with Gasteiger partial charge in [-0.1, -0.05) is 29.4 Å². The Balaban J connectivity index is 1.52. The maximum atomic E-state index is 12.2. The molecule has 0 atom stereocenters. The largest absolute Gasteiger partial charge is 0.497 e. The van der Waals surface area contributed by atoms with E-state index in [1.54, 1.807) is 25.3 Å². The summed E-state index contributed by atoms with van der Waals surface area (Å²) in [5.41, 5.74) is 3.57. The molecular weight excluding hydrogens is 408 g/mol. The summed E-state index contributed by atoms with van der Waals surface area (Å²) >= 11 is 7.45. The van der Waals surface area contributed by atoms with Crippen LogP contribution in [0.15, 0.2) is 53.7 Å². The first-order valence-electron chi connectivity index (χ1n) is 9.06. The minimum Gasteiger partial charge on any atom is -0.497 e. The van der Waals surface area contributed by atoms with Crippen LogP contribution in [-0.4, -0.2) is 33.4 Å². The fourth-order valence-corrected chi connectivity index (χ4v) is 4.23. The highest BCUT2D eigenvalue weighted by atomic mass is 35.5. The van der Waals surface area contributed by atoms with Crippen LogP contribution >= 0.6 is 23.4 Å². The molecule has 0 radical (unpaired) electrons. The normalized spacial score (nSPS) is 11.1. The highest BCUT2D eigenvalue weighted by molar-refractivity contribution is 7.99. The number of methoxy groups -OCH3 is 1. The average Bonchev–Trinajstić information content (AvgIpc) is 3.10. The van der Waals surface area contributed by atoms with Crippen LogP contribution in [0.2, 0.25) is 5.02 Å². The SMILES string of the molecule is COc1ccc2c(C)cc3nnc(SCCC(=O)Nc4cccc(Cl)c4)n3c2c1. The van der Waals surface area contributed by atoms with Crippen molar-refractivity contribution in [1.82, 2.24) is 14.6 Å². The Morgan fingerprint density at radius 3 is 2.86 bits per heavy atom. The highest BCUT2D eigenvalue weighted by Crippen LogP contribution is 2.29. The van der Waals surface area contributed by atoms with Gasteiger partial charge in [-0.15, -0.1) is 10.2 Å². The van der Waals surface area contributed by atoms with Crippen LogP contribution in [0.5, 0.6) is 5.75 Å². The molecule has 0 aliphatic rings. The summed E-state index contributed by atoms with van der Waals surface area (Å²) in [6.07, 6.45) is 0.346. The lowest BCUT2D eigenvalue weighted by Crippen LogP contribution is -2.12. The Morgan fingerprint density at radius 2 is 2.07 bits per heavy atom. The van der Waals surface area contributed by atoms with Gasteiger partial charge in [0.25, 0.3) is 0 Å². The number of halogens is 1.